The number of carbonyl (C=O) groups is 1. The number of hydrogen-bond donors (Lipinski definition) is 1. The number of nitrogens with one attached hydrogen (secondary N) is 1. The average molecular weight is 386 g/mol. The van der Waals surface area contributed by atoms with Gasteiger partial charge in [-0.3, -0.25) is 9.69 Å². The second-order valence-corrected chi connectivity index (χ2v) is 7.59. The van der Waals surface area contributed by atoms with E-state index >= 15 is 0 Å². The molecule has 0 bridgehead atoms. The Kier molecular flexibility index (Phi) is 5.92. The van der Waals surface area contributed by atoms with Gasteiger partial charge in [0, 0.05) is 37.6 Å². The molecule has 0 aliphatic carbocycles. The Labute approximate surface area is 172 Å². The molecule has 3 aromatic rings. The van der Waals surface area contributed by atoms with E-state index < -0.39 is 0 Å². The number of piperazine rings is 1. The molecule has 0 aromatic heterocycles. The van der Waals surface area contributed by atoms with Crippen LogP contribution < -0.4 is 10.2 Å². The van der Waals surface area contributed by atoms with E-state index in [2.05, 4.69) is 58.4 Å². The molecule has 148 valence electrons. The van der Waals surface area contributed by atoms with Gasteiger partial charge in [0.15, 0.2) is 0 Å². The lowest BCUT2D eigenvalue weighted by molar-refractivity contribution is -0.117. The highest BCUT2D eigenvalue weighted by molar-refractivity contribution is 5.92. The summed E-state index contributed by atoms with van der Waals surface area (Å²) < 4.78 is 0. The lowest BCUT2D eigenvalue weighted by Gasteiger charge is -2.35. The SMILES string of the molecule is Cc1cccc(N2CCN(CC(=O)Nc3ccc(-c4ccccc4)cc3)CC2)c1. The fourth-order valence-electron chi connectivity index (χ4n) is 3.77. The summed E-state index contributed by atoms with van der Waals surface area (Å²) >= 11 is 0. The summed E-state index contributed by atoms with van der Waals surface area (Å²) in [6, 6.07) is 26.9. The van der Waals surface area contributed by atoms with Gasteiger partial charge in [-0.05, 0) is 47.9 Å². The van der Waals surface area contributed by atoms with Crippen LogP contribution in [0.3, 0.4) is 0 Å². The monoisotopic (exact) mass is 385 g/mol. The predicted molar refractivity (Wildman–Crippen MR) is 120 cm³/mol. The first-order valence-corrected chi connectivity index (χ1v) is 10.2. The third-order valence-electron chi connectivity index (χ3n) is 5.38. The highest BCUT2D eigenvalue weighted by Crippen LogP contribution is 2.21. The van der Waals surface area contributed by atoms with Gasteiger partial charge in [-0.2, -0.15) is 0 Å². The van der Waals surface area contributed by atoms with Crippen molar-refractivity contribution in [1.29, 1.82) is 0 Å². The molecule has 1 fully saturated rings. The highest BCUT2D eigenvalue weighted by Gasteiger charge is 2.19. The van der Waals surface area contributed by atoms with Crippen molar-refractivity contribution >= 4 is 17.3 Å². The van der Waals surface area contributed by atoms with Crippen LogP contribution in [-0.4, -0.2) is 43.5 Å². The standard InChI is InChI=1S/C25H27N3O/c1-20-6-5-9-24(18-20)28-16-14-27(15-17-28)19-25(29)26-23-12-10-22(11-13-23)21-7-3-2-4-8-21/h2-13,18H,14-17,19H2,1H3,(H,26,29). The lowest BCUT2D eigenvalue weighted by Crippen LogP contribution is -2.48. The Bertz CT molecular complexity index is 945. The summed E-state index contributed by atoms with van der Waals surface area (Å²) in [4.78, 5) is 17.1. The molecule has 1 saturated heterocycles. The molecule has 1 aliphatic rings. The number of amides is 1. The second kappa shape index (κ2) is 8.93. The summed E-state index contributed by atoms with van der Waals surface area (Å²) in [7, 11) is 0. The summed E-state index contributed by atoms with van der Waals surface area (Å²) in [5.41, 5.74) is 5.72. The Morgan fingerprint density at radius 3 is 2.21 bits per heavy atom. The van der Waals surface area contributed by atoms with Crippen LogP contribution in [0.4, 0.5) is 11.4 Å². The molecule has 0 radical (unpaired) electrons. The summed E-state index contributed by atoms with van der Waals surface area (Å²) in [6.45, 7) is 6.24. The minimum absolute atomic E-state index is 0.0430. The fraction of sp³-hybridized carbons (Fsp3) is 0.240. The van der Waals surface area contributed by atoms with Crippen molar-refractivity contribution in [1.82, 2.24) is 4.90 Å². The average Bonchev–Trinajstić information content (AvgIpc) is 2.75. The topological polar surface area (TPSA) is 35.6 Å². The van der Waals surface area contributed by atoms with Crippen molar-refractivity contribution in [2.45, 2.75) is 6.92 Å². The van der Waals surface area contributed by atoms with E-state index in [1.54, 1.807) is 0 Å². The summed E-state index contributed by atoms with van der Waals surface area (Å²) in [5.74, 6) is 0.0430. The molecule has 4 rings (SSSR count). The quantitative estimate of drug-likeness (QED) is 0.706. The van der Waals surface area contributed by atoms with Crippen LogP contribution in [0.15, 0.2) is 78.9 Å². The summed E-state index contributed by atoms with van der Waals surface area (Å²) in [5, 5.41) is 3.02. The van der Waals surface area contributed by atoms with E-state index in [0.29, 0.717) is 6.54 Å². The highest BCUT2D eigenvalue weighted by atomic mass is 16.2. The molecule has 3 aromatic carbocycles. The molecule has 0 atom stereocenters. The number of benzene rings is 3. The zero-order valence-corrected chi connectivity index (χ0v) is 16.8. The van der Waals surface area contributed by atoms with Gasteiger partial charge >= 0.3 is 0 Å². The van der Waals surface area contributed by atoms with E-state index in [4.69, 9.17) is 0 Å². The Morgan fingerprint density at radius 2 is 1.52 bits per heavy atom. The smallest absolute Gasteiger partial charge is 0.238 e. The molecule has 29 heavy (non-hydrogen) atoms. The molecule has 4 nitrogen and oxygen atoms in total. The van der Waals surface area contributed by atoms with Crippen LogP contribution >= 0.6 is 0 Å². The van der Waals surface area contributed by atoms with Gasteiger partial charge in [-0.1, -0.05) is 54.6 Å². The van der Waals surface area contributed by atoms with Gasteiger partial charge in [0.05, 0.1) is 6.54 Å². The Hall–Kier alpha value is -3.11. The fourth-order valence-corrected chi connectivity index (χ4v) is 3.77. The van der Waals surface area contributed by atoms with Crippen LogP contribution in [0.25, 0.3) is 11.1 Å². The minimum atomic E-state index is 0.0430. The zero-order valence-electron chi connectivity index (χ0n) is 16.8. The molecule has 1 amide bonds. The van der Waals surface area contributed by atoms with E-state index in [1.807, 2.05) is 42.5 Å². The predicted octanol–water partition coefficient (Wildman–Crippen LogP) is 4.42. The summed E-state index contributed by atoms with van der Waals surface area (Å²) in [6.07, 6.45) is 0. The molecule has 0 saturated carbocycles. The maximum absolute atomic E-state index is 12.5. The van der Waals surface area contributed by atoms with Crippen molar-refractivity contribution in [2.75, 3.05) is 42.9 Å². The van der Waals surface area contributed by atoms with Crippen molar-refractivity contribution in [2.24, 2.45) is 0 Å². The Balaban J connectivity index is 1.27. The van der Waals surface area contributed by atoms with Crippen LogP contribution in [-0.2, 0) is 4.79 Å². The van der Waals surface area contributed by atoms with Gasteiger partial charge in [0.2, 0.25) is 5.91 Å². The Morgan fingerprint density at radius 1 is 0.828 bits per heavy atom. The van der Waals surface area contributed by atoms with Crippen molar-refractivity contribution < 1.29 is 4.79 Å². The maximum Gasteiger partial charge on any atom is 0.238 e. The molecule has 0 spiro atoms. The van der Waals surface area contributed by atoms with Gasteiger partial charge in [0.1, 0.15) is 0 Å². The number of nitrogens with zero attached hydrogens (tertiary/aromatic N) is 2. The van der Waals surface area contributed by atoms with E-state index in [0.717, 1.165) is 37.4 Å². The van der Waals surface area contributed by atoms with Crippen LogP contribution in [0, 0.1) is 6.92 Å². The molecule has 0 unspecified atom stereocenters. The number of carbonyl (C=O) groups excluding carboxylic acids is 1. The number of rotatable bonds is 5. The van der Waals surface area contributed by atoms with E-state index in [-0.39, 0.29) is 5.91 Å². The van der Waals surface area contributed by atoms with Crippen LogP contribution in [0.2, 0.25) is 0 Å². The van der Waals surface area contributed by atoms with Crippen molar-refractivity contribution in [3.63, 3.8) is 0 Å². The second-order valence-electron chi connectivity index (χ2n) is 7.59. The molecule has 1 heterocycles. The minimum Gasteiger partial charge on any atom is -0.369 e. The molecule has 1 N–H and O–H groups in total. The van der Waals surface area contributed by atoms with Crippen molar-refractivity contribution in [3.05, 3.63) is 84.4 Å². The lowest BCUT2D eigenvalue weighted by atomic mass is 10.1. The third kappa shape index (κ3) is 5.04. The molecular formula is C25H27N3O. The van der Waals surface area contributed by atoms with Crippen molar-refractivity contribution in [3.8, 4) is 11.1 Å². The molecule has 1 aliphatic heterocycles. The number of aryl methyl sites for hydroxylation is 1. The van der Waals surface area contributed by atoms with Crippen LogP contribution in [0.1, 0.15) is 5.56 Å². The molecular weight excluding hydrogens is 358 g/mol. The first-order chi connectivity index (χ1) is 14.2. The number of anilines is 2. The maximum atomic E-state index is 12.5. The van der Waals surface area contributed by atoms with Crippen LogP contribution in [0.5, 0.6) is 0 Å². The van der Waals surface area contributed by atoms with Gasteiger partial charge in [-0.15, -0.1) is 0 Å². The molecule has 4 heteroatoms. The van der Waals surface area contributed by atoms with Gasteiger partial charge in [0.25, 0.3) is 0 Å². The van der Waals surface area contributed by atoms with Gasteiger partial charge < -0.3 is 10.2 Å². The van der Waals surface area contributed by atoms with Gasteiger partial charge in [-0.25, -0.2) is 0 Å². The zero-order chi connectivity index (χ0) is 20.1. The van der Waals surface area contributed by atoms with E-state index in [1.165, 1.54) is 16.8 Å². The number of hydrogen-bond acceptors (Lipinski definition) is 3. The first kappa shape index (κ1) is 19.2. The largest absolute Gasteiger partial charge is 0.369 e. The normalized spacial score (nSPS) is 14.6. The third-order valence-corrected chi connectivity index (χ3v) is 5.38. The first-order valence-electron chi connectivity index (χ1n) is 10.2. The van der Waals surface area contributed by atoms with E-state index in [9.17, 15) is 4.79 Å².